The van der Waals surface area contributed by atoms with E-state index in [1.165, 1.54) is 117 Å². The van der Waals surface area contributed by atoms with Crippen LogP contribution in [0.4, 0.5) is 56.9 Å². The Morgan fingerprint density at radius 3 is 0.709 bits per heavy atom. The lowest BCUT2D eigenvalue weighted by Gasteiger charge is -2.43. The maximum atomic E-state index is 2.86. The Bertz CT molecular complexity index is 4020. The third-order valence-electron chi connectivity index (χ3n) is 17.5. The predicted molar refractivity (Wildman–Crippen MR) is 370 cm³/mol. The van der Waals surface area contributed by atoms with E-state index in [1.54, 1.807) is 0 Å². The second-order valence-corrected chi connectivity index (χ2v) is 25.1. The molecular weight excluding hydrogens is 1080 g/mol. The van der Waals surface area contributed by atoms with Gasteiger partial charge in [-0.2, -0.15) is 0 Å². The topological polar surface area (TPSA) is 13.0 Å². The van der Waals surface area contributed by atoms with Crippen molar-refractivity contribution < 1.29 is 0 Å². The van der Waals surface area contributed by atoms with Gasteiger partial charge in [0, 0.05) is 88.5 Å². The Balaban J connectivity index is 0.779. The Morgan fingerprint density at radius 2 is 0.419 bits per heavy atom. The van der Waals surface area contributed by atoms with Crippen LogP contribution in [0.5, 0.6) is 0 Å². The zero-order chi connectivity index (χ0) is 57.4. The molecule has 0 amide bonds. The summed E-state index contributed by atoms with van der Waals surface area (Å²) in [6, 6.07) is 108. The van der Waals surface area contributed by atoms with Crippen LogP contribution >= 0.6 is 22.7 Å². The summed E-state index contributed by atoms with van der Waals surface area (Å²) in [6.07, 6.45) is 13.3. The van der Waals surface area contributed by atoms with Gasteiger partial charge in [-0.05, 0) is 205 Å². The summed E-state index contributed by atoms with van der Waals surface area (Å²) in [6.45, 7) is 0. The predicted octanol–water partition coefficient (Wildman–Crippen LogP) is 24.0. The lowest BCUT2D eigenvalue weighted by Crippen LogP contribution is -2.45. The monoisotopic (exact) mass is 1150 g/mol. The standard InChI is InChI=1S/C80H70N4S2/c1-7-19-61(20-8-1)77-55-57-79(85-77)63-35-43-71(44-36-63)83(75-51-47-73(48-52-75)81(65-23-11-3-12-24-65)66-25-13-4-14-26-66)69-39-31-59(32-40-69)60-33-41-70(42-34-60)84(72-45-37-64(38-46-72)80-58-56-78(86-80)62-21-9-2-10-22-62)76-53-49-74(50-54-76)82(67-27-15-5-16-28-67)68-29-17-6-18-30-68/h1-4,7-14,19-26,31-58,67-68H,5-6,15-18,27-30H2. The van der Waals surface area contributed by atoms with Gasteiger partial charge in [-0.25, -0.2) is 0 Å². The van der Waals surface area contributed by atoms with Gasteiger partial charge in [-0.1, -0.05) is 184 Å². The number of thiophene rings is 2. The van der Waals surface area contributed by atoms with Gasteiger partial charge in [0.05, 0.1) is 0 Å². The molecule has 0 spiro atoms. The molecule has 2 saturated carbocycles. The molecule has 422 valence electrons. The van der Waals surface area contributed by atoms with Gasteiger partial charge in [0.15, 0.2) is 0 Å². The summed E-state index contributed by atoms with van der Waals surface area (Å²) in [5.74, 6) is 0. The van der Waals surface area contributed by atoms with Crippen molar-refractivity contribution >= 4 is 79.5 Å². The summed E-state index contributed by atoms with van der Waals surface area (Å²) in [7, 11) is 0. The maximum absolute atomic E-state index is 2.86. The molecule has 2 aliphatic carbocycles. The fourth-order valence-electron chi connectivity index (χ4n) is 13.1. The highest BCUT2D eigenvalue weighted by Gasteiger charge is 2.30. The number of hydrogen-bond donors (Lipinski definition) is 0. The van der Waals surface area contributed by atoms with Crippen molar-refractivity contribution in [2.45, 2.75) is 76.3 Å². The summed E-state index contributed by atoms with van der Waals surface area (Å²) < 4.78 is 0. The summed E-state index contributed by atoms with van der Waals surface area (Å²) in [5, 5.41) is 0. The first-order valence-electron chi connectivity index (χ1n) is 30.8. The number of hydrogen-bond acceptors (Lipinski definition) is 6. The largest absolute Gasteiger partial charge is 0.366 e. The van der Waals surface area contributed by atoms with Crippen molar-refractivity contribution in [2.24, 2.45) is 0 Å². The van der Waals surface area contributed by atoms with Crippen LogP contribution in [0, 0.1) is 0 Å². The highest BCUT2D eigenvalue weighted by molar-refractivity contribution is 7.19. The van der Waals surface area contributed by atoms with Gasteiger partial charge in [-0.15, -0.1) is 22.7 Å². The molecule has 2 heterocycles. The Morgan fingerprint density at radius 1 is 0.198 bits per heavy atom. The third-order valence-corrected chi connectivity index (χ3v) is 19.8. The van der Waals surface area contributed by atoms with Crippen LogP contribution in [-0.4, -0.2) is 12.1 Å². The van der Waals surface area contributed by atoms with Crippen LogP contribution in [-0.2, 0) is 0 Å². The smallest absolute Gasteiger partial charge is 0.0463 e. The second kappa shape index (κ2) is 25.6. The van der Waals surface area contributed by atoms with Crippen LogP contribution in [0.3, 0.4) is 0 Å². The lowest BCUT2D eigenvalue weighted by atomic mass is 9.88. The van der Waals surface area contributed by atoms with E-state index in [-0.39, 0.29) is 0 Å². The molecular formula is C80H70N4S2. The quantitative estimate of drug-likeness (QED) is 0.0901. The highest BCUT2D eigenvalue weighted by atomic mass is 32.1. The normalized spacial score (nSPS) is 13.7. The van der Waals surface area contributed by atoms with Gasteiger partial charge in [0.25, 0.3) is 0 Å². The second-order valence-electron chi connectivity index (χ2n) is 22.9. The molecule has 0 bridgehead atoms. The van der Waals surface area contributed by atoms with E-state index in [2.05, 4.69) is 311 Å². The van der Waals surface area contributed by atoms with Gasteiger partial charge in [0.1, 0.15) is 0 Å². The highest BCUT2D eigenvalue weighted by Crippen LogP contribution is 2.44. The fraction of sp³-hybridized carbons (Fsp3) is 0.150. The van der Waals surface area contributed by atoms with Crippen molar-refractivity contribution in [3.63, 3.8) is 0 Å². The molecule has 12 aromatic rings. The molecule has 86 heavy (non-hydrogen) atoms. The van der Waals surface area contributed by atoms with Crippen molar-refractivity contribution in [1.29, 1.82) is 0 Å². The van der Waals surface area contributed by atoms with Gasteiger partial charge < -0.3 is 19.6 Å². The molecule has 0 N–H and O–H groups in total. The number of para-hydroxylation sites is 2. The van der Waals surface area contributed by atoms with E-state index in [9.17, 15) is 0 Å². The maximum Gasteiger partial charge on any atom is 0.0463 e. The molecule has 6 heteroatoms. The van der Waals surface area contributed by atoms with Crippen molar-refractivity contribution in [3.8, 4) is 52.9 Å². The zero-order valence-corrected chi connectivity index (χ0v) is 50.2. The van der Waals surface area contributed by atoms with E-state index >= 15 is 0 Å². The molecule has 2 fully saturated rings. The van der Waals surface area contributed by atoms with Crippen LogP contribution in [0.1, 0.15) is 64.2 Å². The lowest BCUT2D eigenvalue weighted by molar-refractivity contribution is 0.340. The summed E-state index contributed by atoms with van der Waals surface area (Å²) in [5.41, 5.74) is 18.6. The summed E-state index contributed by atoms with van der Waals surface area (Å²) in [4.78, 5) is 15.1. The molecule has 14 rings (SSSR count). The van der Waals surface area contributed by atoms with Gasteiger partial charge >= 0.3 is 0 Å². The number of nitrogens with zero attached hydrogens (tertiary/aromatic N) is 4. The Labute approximate surface area is 516 Å². The number of benzene rings is 10. The molecule has 10 aromatic carbocycles. The fourth-order valence-corrected chi connectivity index (χ4v) is 15.1. The van der Waals surface area contributed by atoms with E-state index < -0.39 is 0 Å². The number of anilines is 10. The first-order chi connectivity index (χ1) is 42.6. The molecule has 2 aliphatic rings. The van der Waals surface area contributed by atoms with Crippen LogP contribution in [0.25, 0.3) is 52.9 Å². The van der Waals surface area contributed by atoms with Crippen LogP contribution < -0.4 is 19.6 Å². The van der Waals surface area contributed by atoms with Crippen LogP contribution in [0.2, 0.25) is 0 Å². The average molecular weight is 1150 g/mol. The van der Waals surface area contributed by atoms with E-state index in [4.69, 9.17) is 0 Å². The van der Waals surface area contributed by atoms with E-state index in [1.807, 2.05) is 22.7 Å². The molecule has 2 aromatic heterocycles. The van der Waals surface area contributed by atoms with Crippen molar-refractivity contribution in [1.82, 2.24) is 0 Å². The molecule has 0 radical (unpaired) electrons. The minimum Gasteiger partial charge on any atom is -0.366 e. The van der Waals surface area contributed by atoms with Gasteiger partial charge in [-0.3, -0.25) is 0 Å². The van der Waals surface area contributed by atoms with Crippen molar-refractivity contribution in [2.75, 3.05) is 19.6 Å². The number of rotatable bonds is 17. The first kappa shape index (κ1) is 54.7. The molecule has 4 nitrogen and oxygen atoms in total. The average Bonchev–Trinajstić information content (AvgIpc) is 3.73. The van der Waals surface area contributed by atoms with E-state index in [0.29, 0.717) is 12.1 Å². The minimum absolute atomic E-state index is 0.631. The van der Waals surface area contributed by atoms with Crippen molar-refractivity contribution in [3.05, 3.63) is 291 Å². The molecule has 0 saturated heterocycles. The Kier molecular flexibility index (Phi) is 16.3. The molecule has 0 aliphatic heterocycles. The van der Waals surface area contributed by atoms with Gasteiger partial charge in [0.2, 0.25) is 0 Å². The van der Waals surface area contributed by atoms with E-state index in [0.717, 1.165) is 56.7 Å². The minimum atomic E-state index is 0.631. The molecule has 0 atom stereocenters. The SMILES string of the molecule is c1ccc(-c2ccc(-c3ccc(N(c4ccc(-c5ccc(N(c6ccc(-c7ccc(-c8ccccc8)s7)cc6)c6ccc(N(C7CCCCC7)C7CCCCC7)cc6)cc5)cc4)c4ccc(N(c5ccccc5)c5ccccc5)cc4)cc3)s2)cc1. The third kappa shape index (κ3) is 11.9. The zero-order valence-electron chi connectivity index (χ0n) is 48.5. The van der Waals surface area contributed by atoms with Crippen LogP contribution in [0.15, 0.2) is 291 Å². The Hall–Kier alpha value is -9.20. The summed E-state index contributed by atoms with van der Waals surface area (Å²) >= 11 is 3.68. The molecule has 0 unspecified atom stereocenters. The first-order valence-corrected chi connectivity index (χ1v) is 32.5.